The Labute approximate surface area is 198 Å². The van der Waals surface area contributed by atoms with Crippen molar-refractivity contribution in [3.05, 3.63) is 71.2 Å². The van der Waals surface area contributed by atoms with Crippen molar-refractivity contribution in [1.82, 2.24) is 14.8 Å². The third kappa shape index (κ3) is 3.71. The number of benzene rings is 2. The molecule has 5 rings (SSSR count). The molecule has 0 bridgehead atoms. The van der Waals surface area contributed by atoms with Crippen LogP contribution in [0.2, 0.25) is 0 Å². The number of likely N-dealkylation sites (N-methyl/N-ethyl adjacent to an activating group) is 1. The van der Waals surface area contributed by atoms with Gasteiger partial charge in [-0.15, -0.1) is 0 Å². The van der Waals surface area contributed by atoms with Crippen LogP contribution in [0.1, 0.15) is 40.3 Å². The van der Waals surface area contributed by atoms with Crippen molar-refractivity contribution in [2.75, 3.05) is 39.8 Å². The van der Waals surface area contributed by atoms with Crippen LogP contribution >= 0.6 is 0 Å². The molecule has 1 aliphatic rings. The number of carbonyl (C=O) groups is 1. The molecular formula is C27H29N3O4. The van der Waals surface area contributed by atoms with Gasteiger partial charge in [0.1, 0.15) is 22.7 Å². The molecule has 7 nitrogen and oxygen atoms in total. The van der Waals surface area contributed by atoms with E-state index in [-0.39, 0.29) is 18.4 Å². The number of hydrogen-bond acceptors (Lipinski definition) is 7. The van der Waals surface area contributed by atoms with Gasteiger partial charge >= 0.3 is 5.97 Å². The fraction of sp³-hybridized carbons (Fsp3) is 0.333. The summed E-state index contributed by atoms with van der Waals surface area (Å²) in [6.45, 7) is 7.21. The van der Waals surface area contributed by atoms with E-state index in [4.69, 9.17) is 9.15 Å². The van der Waals surface area contributed by atoms with Gasteiger partial charge in [-0.25, -0.2) is 4.79 Å². The van der Waals surface area contributed by atoms with Crippen molar-refractivity contribution in [2.24, 2.45) is 0 Å². The number of esters is 1. The molecule has 0 saturated carbocycles. The zero-order valence-electron chi connectivity index (χ0n) is 19.7. The number of hydrogen-bond donors (Lipinski definition) is 1. The van der Waals surface area contributed by atoms with Crippen molar-refractivity contribution >= 4 is 27.7 Å². The van der Waals surface area contributed by atoms with Gasteiger partial charge in [0.2, 0.25) is 0 Å². The number of carbonyl (C=O) groups excluding carboxylic acids is 1. The summed E-state index contributed by atoms with van der Waals surface area (Å²) in [5, 5.41) is 13.8. The van der Waals surface area contributed by atoms with Crippen LogP contribution in [-0.4, -0.2) is 65.7 Å². The number of nitrogens with zero attached hydrogens (tertiary/aromatic N) is 3. The molecule has 1 atom stereocenters. The van der Waals surface area contributed by atoms with Crippen molar-refractivity contribution < 1.29 is 19.1 Å². The molecule has 3 heterocycles. The van der Waals surface area contributed by atoms with Gasteiger partial charge in [-0.2, -0.15) is 0 Å². The summed E-state index contributed by atoms with van der Waals surface area (Å²) in [6, 6.07) is 13.0. The normalized spacial score (nSPS) is 16.2. The van der Waals surface area contributed by atoms with Crippen molar-refractivity contribution in [1.29, 1.82) is 0 Å². The van der Waals surface area contributed by atoms with E-state index in [1.807, 2.05) is 42.5 Å². The predicted octanol–water partition coefficient (Wildman–Crippen LogP) is 4.51. The number of ether oxygens (including phenoxy) is 1. The Morgan fingerprint density at radius 3 is 2.50 bits per heavy atom. The highest BCUT2D eigenvalue weighted by Gasteiger charge is 2.35. The minimum Gasteiger partial charge on any atom is -0.507 e. The molecule has 0 radical (unpaired) electrons. The first-order chi connectivity index (χ1) is 16.5. The fourth-order valence-corrected chi connectivity index (χ4v) is 4.99. The molecule has 2 aromatic heterocycles. The van der Waals surface area contributed by atoms with Crippen molar-refractivity contribution in [3.8, 4) is 5.75 Å². The van der Waals surface area contributed by atoms with Gasteiger partial charge in [0.05, 0.1) is 18.3 Å². The number of phenolic OH excluding ortho intramolecular Hbond substituents is 1. The van der Waals surface area contributed by atoms with Gasteiger partial charge in [-0.1, -0.05) is 30.3 Å². The van der Waals surface area contributed by atoms with Gasteiger partial charge in [0.25, 0.3) is 0 Å². The second-order valence-electron chi connectivity index (χ2n) is 8.76. The monoisotopic (exact) mass is 459 g/mol. The first-order valence-corrected chi connectivity index (χ1v) is 11.7. The van der Waals surface area contributed by atoms with E-state index in [1.165, 1.54) is 0 Å². The fourth-order valence-electron chi connectivity index (χ4n) is 4.99. The number of rotatable bonds is 5. The van der Waals surface area contributed by atoms with E-state index in [0.717, 1.165) is 37.3 Å². The number of aromatic nitrogens is 1. The SMILES string of the molecule is CCOC(=O)c1c(C)oc2c1c(C(c1ccccn1)N1CCN(C)CC1)c(O)c1ccccc12. The molecule has 1 fully saturated rings. The number of aryl methyl sites for hydroxylation is 1. The highest BCUT2D eigenvalue weighted by molar-refractivity contribution is 6.16. The van der Waals surface area contributed by atoms with Gasteiger partial charge in [0.15, 0.2) is 0 Å². The van der Waals surface area contributed by atoms with Crippen LogP contribution in [0.25, 0.3) is 21.7 Å². The molecule has 1 unspecified atom stereocenters. The van der Waals surface area contributed by atoms with E-state index in [0.29, 0.717) is 33.2 Å². The van der Waals surface area contributed by atoms with Crippen LogP contribution in [0.4, 0.5) is 0 Å². The Morgan fingerprint density at radius 2 is 1.82 bits per heavy atom. The lowest BCUT2D eigenvalue weighted by atomic mass is 9.90. The lowest BCUT2D eigenvalue weighted by molar-refractivity contribution is 0.0526. The zero-order valence-corrected chi connectivity index (χ0v) is 19.7. The molecular weight excluding hydrogens is 430 g/mol. The molecule has 0 amide bonds. The topological polar surface area (TPSA) is 79.0 Å². The van der Waals surface area contributed by atoms with E-state index in [1.54, 1.807) is 20.0 Å². The maximum absolute atomic E-state index is 13.1. The number of aromatic hydroxyl groups is 1. The molecule has 4 aromatic rings. The molecule has 1 saturated heterocycles. The van der Waals surface area contributed by atoms with Crippen LogP contribution in [0.3, 0.4) is 0 Å². The summed E-state index contributed by atoms with van der Waals surface area (Å²) in [6.07, 6.45) is 1.76. The predicted molar refractivity (Wildman–Crippen MR) is 131 cm³/mol. The molecule has 1 aliphatic heterocycles. The molecule has 0 aliphatic carbocycles. The third-order valence-corrected chi connectivity index (χ3v) is 6.66. The van der Waals surface area contributed by atoms with Crippen LogP contribution in [0, 0.1) is 6.92 Å². The van der Waals surface area contributed by atoms with Gasteiger partial charge < -0.3 is 19.2 Å². The molecule has 176 valence electrons. The van der Waals surface area contributed by atoms with Gasteiger partial charge in [-0.3, -0.25) is 9.88 Å². The molecule has 0 spiro atoms. The van der Waals surface area contributed by atoms with E-state index >= 15 is 0 Å². The lowest BCUT2D eigenvalue weighted by Gasteiger charge is -2.38. The Morgan fingerprint density at radius 1 is 1.12 bits per heavy atom. The summed E-state index contributed by atoms with van der Waals surface area (Å²) in [5.74, 6) is 0.167. The Kier molecular flexibility index (Phi) is 5.98. The van der Waals surface area contributed by atoms with Crippen molar-refractivity contribution in [3.63, 3.8) is 0 Å². The van der Waals surface area contributed by atoms with Gasteiger partial charge in [0, 0.05) is 54.1 Å². The van der Waals surface area contributed by atoms with Crippen LogP contribution in [0.15, 0.2) is 53.1 Å². The number of pyridine rings is 1. The zero-order chi connectivity index (χ0) is 23.8. The maximum Gasteiger partial charge on any atom is 0.342 e. The molecule has 34 heavy (non-hydrogen) atoms. The van der Waals surface area contributed by atoms with E-state index in [2.05, 4.69) is 21.8 Å². The third-order valence-electron chi connectivity index (χ3n) is 6.66. The van der Waals surface area contributed by atoms with Crippen LogP contribution in [-0.2, 0) is 4.74 Å². The van der Waals surface area contributed by atoms with E-state index in [9.17, 15) is 9.90 Å². The largest absolute Gasteiger partial charge is 0.507 e. The van der Waals surface area contributed by atoms with Gasteiger partial charge in [-0.05, 0) is 33.0 Å². The second kappa shape index (κ2) is 9.08. The second-order valence-corrected chi connectivity index (χ2v) is 8.76. The molecule has 7 heteroatoms. The lowest BCUT2D eigenvalue weighted by Crippen LogP contribution is -2.46. The minimum absolute atomic E-state index is 0.143. The smallest absolute Gasteiger partial charge is 0.342 e. The van der Waals surface area contributed by atoms with Crippen LogP contribution < -0.4 is 0 Å². The number of phenols is 1. The summed E-state index contributed by atoms with van der Waals surface area (Å²) in [7, 11) is 2.11. The first kappa shape index (κ1) is 22.4. The minimum atomic E-state index is -0.451. The standard InChI is InChI=1S/C27H29N3O4/c1-4-33-27(32)21-17(2)34-26-19-10-6-5-9-18(19)25(31)23(22(21)26)24(20-11-7-8-12-28-20)30-15-13-29(3)14-16-30/h5-12,24,31H,4,13-16H2,1-3H3. The average molecular weight is 460 g/mol. The summed E-state index contributed by atoms with van der Waals surface area (Å²) in [5.41, 5.74) is 2.39. The molecule has 1 N–H and O–H groups in total. The first-order valence-electron chi connectivity index (χ1n) is 11.7. The number of furan rings is 1. The summed E-state index contributed by atoms with van der Waals surface area (Å²) in [4.78, 5) is 22.4. The van der Waals surface area contributed by atoms with E-state index < -0.39 is 5.97 Å². The average Bonchev–Trinajstić information content (AvgIpc) is 3.20. The Balaban J connectivity index is 1.87. The molecule has 2 aromatic carbocycles. The van der Waals surface area contributed by atoms with Crippen molar-refractivity contribution in [2.45, 2.75) is 19.9 Å². The number of piperazine rings is 1. The Hall–Kier alpha value is -3.42. The quantitative estimate of drug-likeness (QED) is 0.440. The number of fused-ring (bicyclic) bond motifs is 3. The Bertz CT molecular complexity index is 1340. The summed E-state index contributed by atoms with van der Waals surface area (Å²) >= 11 is 0. The highest BCUT2D eigenvalue weighted by atomic mass is 16.5. The summed E-state index contributed by atoms with van der Waals surface area (Å²) < 4.78 is 11.6. The van der Waals surface area contributed by atoms with Crippen LogP contribution in [0.5, 0.6) is 5.75 Å². The maximum atomic E-state index is 13.1. The highest BCUT2D eigenvalue weighted by Crippen LogP contribution is 2.47.